The van der Waals surface area contributed by atoms with Gasteiger partial charge < -0.3 is 15.0 Å². The summed E-state index contributed by atoms with van der Waals surface area (Å²) in [7, 11) is -3.79. The number of esters is 1. The van der Waals surface area contributed by atoms with Crippen LogP contribution in [0.15, 0.2) is 67.3 Å². The summed E-state index contributed by atoms with van der Waals surface area (Å²) in [4.78, 5) is 13.2. The lowest BCUT2D eigenvalue weighted by molar-refractivity contribution is -0.146. The van der Waals surface area contributed by atoms with Crippen LogP contribution in [0.25, 0.3) is 0 Å². The molecule has 1 aliphatic rings. The molecule has 2 aromatic rings. The Labute approximate surface area is 170 Å². The van der Waals surface area contributed by atoms with Crippen molar-refractivity contribution in [3.63, 3.8) is 0 Å². The topological polar surface area (TPSA) is 78.6 Å². The van der Waals surface area contributed by atoms with Crippen LogP contribution in [0.1, 0.15) is 24.5 Å². The summed E-state index contributed by atoms with van der Waals surface area (Å²) in [5, 5.41) is -1.59. The molecule has 0 aromatic heterocycles. The molecule has 2 N–H and O–H groups in total. The molecule has 0 spiro atoms. The van der Waals surface area contributed by atoms with Gasteiger partial charge in [0.15, 0.2) is 5.16 Å². The van der Waals surface area contributed by atoms with Gasteiger partial charge in [-0.25, -0.2) is 4.39 Å². The average Bonchev–Trinajstić information content (AvgIpc) is 3.37. The molecule has 0 amide bonds. The highest BCUT2D eigenvalue weighted by molar-refractivity contribution is 7.61. The molecule has 2 aromatic carbocycles. The molecule has 0 radical (unpaired) electrons. The molecule has 0 saturated heterocycles. The molecule has 3 unspecified atom stereocenters. The van der Waals surface area contributed by atoms with Crippen molar-refractivity contribution in [2.75, 3.05) is 6.61 Å². The summed E-state index contributed by atoms with van der Waals surface area (Å²) in [6.45, 7) is 5.48. The summed E-state index contributed by atoms with van der Waals surface area (Å²) < 4.78 is 39.4. The van der Waals surface area contributed by atoms with Crippen molar-refractivity contribution in [3.8, 4) is 0 Å². The standard InChI is InChI=1S/C22H25FNO4P/c1-3-21(24)16-22(21,20(25)27-14-17-10-6-5-7-11-17)29(26,28-4-2)15-18-12-8-9-13-19(18)23/h3,5-13H,1,4,14-16,24H2,2H3. The van der Waals surface area contributed by atoms with Crippen molar-refractivity contribution >= 4 is 13.3 Å². The Morgan fingerprint density at radius 2 is 1.90 bits per heavy atom. The predicted molar refractivity (Wildman–Crippen MR) is 110 cm³/mol. The minimum atomic E-state index is -3.79. The second-order valence-corrected chi connectivity index (χ2v) is 9.87. The first kappa shape index (κ1) is 21.4. The zero-order chi connectivity index (χ0) is 21.1. The van der Waals surface area contributed by atoms with Gasteiger partial charge in [0.05, 0.1) is 18.3 Å². The average molecular weight is 417 g/mol. The maximum atomic E-state index is 14.3. The minimum Gasteiger partial charge on any atom is -0.460 e. The number of halogens is 1. The molecule has 7 heteroatoms. The molecule has 29 heavy (non-hydrogen) atoms. The Morgan fingerprint density at radius 3 is 2.48 bits per heavy atom. The third kappa shape index (κ3) is 3.80. The summed E-state index contributed by atoms with van der Waals surface area (Å²) in [6, 6.07) is 15.1. The van der Waals surface area contributed by atoms with E-state index in [-0.39, 0.29) is 31.4 Å². The molecule has 0 bridgehead atoms. The van der Waals surface area contributed by atoms with Gasteiger partial charge in [0.1, 0.15) is 12.4 Å². The zero-order valence-corrected chi connectivity index (χ0v) is 17.2. The molecule has 1 fully saturated rings. The minimum absolute atomic E-state index is 0.0144. The van der Waals surface area contributed by atoms with E-state index < -0.39 is 29.9 Å². The number of carbonyl (C=O) groups is 1. The summed E-state index contributed by atoms with van der Waals surface area (Å²) >= 11 is 0. The first-order chi connectivity index (χ1) is 13.8. The molecule has 1 aliphatic carbocycles. The lowest BCUT2D eigenvalue weighted by Crippen LogP contribution is -2.41. The van der Waals surface area contributed by atoms with Gasteiger partial charge in [-0.3, -0.25) is 9.36 Å². The van der Waals surface area contributed by atoms with E-state index in [0.717, 1.165) is 5.56 Å². The van der Waals surface area contributed by atoms with Crippen molar-refractivity contribution < 1.29 is 23.0 Å². The first-order valence-corrected chi connectivity index (χ1v) is 11.2. The first-order valence-electron chi connectivity index (χ1n) is 9.42. The van der Waals surface area contributed by atoms with E-state index in [1.165, 1.54) is 18.2 Å². The maximum absolute atomic E-state index is 14.3. The van der Waals surface area contributed by atoms with Crippen molar-refractivity contribution in [1.29, 1.82) is 0 Å². The number of hydrogen-bond acceptors (Lipinski definition) is 5. The summed E-state index contributed by atoms with van der Waals surface area (Å²) in [6.07, 6.45) is 1.23. The molecule has 3 atom stereocenters. The van der Waals surface area contributed by atoms with Crippen LogP contribution in [0.4, 0.5) is 4.39 Å². The maximum Gasteiger partial charge on any atom is 0.324 e. The predicted octanol–water partition coefficient (Wildman–Crippen LogP) is 4.41. The van der Waals surface area contributed by atoms with E-state index in [0.29, 0.717) is 0 Å². The monoisotopic (exact) mass is 417 g/mol. The van der Waals surface area contributed by atoms with E-state index in [1.54, 1.807) is 19.1 Å². The highest BCUT2D eigenvalue weighted by atomic mass is 31.2. The number of nitrogens with two attached hydrogens (primary N) is 1. The Kier molecular flexibility index (Phi) is 6.08. The highest BCUT2D eigenvalue weighted by Crippen LogP contribution is 2.76. The fraction of sp³-hybridized carbons (Fsp3) is 0.318. The lowest BCUT2D eigenvalue weighted by Gasteiger charge is -2.29. The van der Waals surface area contributed by atoms with Crippen LogP contribution < -0.4 is 5.73 Å². The molecular weight excluding hydrogens is 392 g/mol. The largest absolute Gasteiger partial charge is 0.460 e. The SMILES string of the molecule is C=CC1(N)CC1(C(=O)OCc1ccccc1)P(=O)(Cc1ccccc1F)OCC. The Balaban J connectivity index is 1.94. The third-order valence-electron chi connectivity index (χ3n) is 5.36. The van der Waals surface area contributed by atoms with Gasteiger partial charge in [-0.1, -0.05) is 54.6 Å². The van der Waals surface area contributed by atoms with E-state index in [9.17, 15) is 13.8 Å². The van der Waals surface area contributed by atoms with Gasteiger partial charge in [0, 0.05) is 0 Å². The van der Waals surface area contributed by atoms with Crippen LogP contribution in [0.2, 0.25) is 0 Å². The van der Waals surface area contributed by atoms with Gasteiger partial charge in [0.2, 0.25) is 7.37 Å². The second-order valence-electron chi connectivity index (χ2n) is 7.18. The van der Waals surface area contributed by atoms with Gasteiger partial charge in [-0.15, -0.1) is 6.58 Å². The molecule has 0 heterocycles. The van der Waals surface area contributed by atoms with Crippen molar-refractivity contribution in [2.45, 2.75) is 36.8 Å². The fourth-order valence-electron chi connectivity index (χ4n) is 3.65. The molecule has 5 nitrogen and oxygen atoms in total. The van der Waals surface area contributed by atoms with Crippen LogP contribution in [-0.4, -0.2) is 23.3 Å². The zero-order valence-electron chi connectivity index (χ0n) is 16.3. The van der Waals surface area contributed by atoms with Gasteiger partial charge in [-0.05, 0) is 30.5 Å². The summed E-state index contributed by atoms with van der Waals surface area (Å²) in [5.74, 6) is -1.22. The number of carbonyl (C=O) groups excluding carboxylic acids is 1. The van der Waals surface area contributed by atoms with E-state index in [2.05, 4.69) is 6.58 Å². The molecule has 154 valence electrons. The van der Waals surface area contributed by atoms with E-state index >= 15 is 0 Å². The van der Waals surface area contributed by atoms with Gasteiger partial charge in [0.25, 0.3) is 0 Å². The second kappa shape index (κ2) is 8.23. The van der Waals surface area contributed by atoms with Crippen LogP contribution in [0.5, 0.6) is 0 Å². The Morgan fingerprint density at radius 1 is 1.24 bits per heavy atom. The Hall–Kier alpha value is -2.27. The van der Waals surface area contributed by atoms with Crippen molar-refractivity contribution in [1.82, 2.24) is 0 Å². The van der Waals surface area contributed by atoms with Crippen LogP contribution in [-0.2, 0) is 31.4 Å². The number of rotatable bonds is 9. The van der Waals surface area contributed by atoms with Crippen molar-refractivity contribution in [2.24, 2.45) is 5.73 Å². The van der Waals surface area contributed by atoms with Gasteiger partial charge in [-0.2, -0.15) is 0 Å². The summed E-state index contributed by atoms with van der Waals surface area (Å²) in [5.41, 5.74) is 6.10. The normalized spacial score (nSPS) is 25.1. The van der Waals surface area contributed by atoms with Crippen LogP contribution in [0.3, 0.4) is 0 Å². The van der Waals surface area contributed by atoms with E-state index in [1.807, 2.05) is 30.3 Å². The Bertz CT molecular complexity index is 951. The highest BCUT2D eigenvalue weighted by Gasteiger charge is 2.79. The quantitative estimate of drug-likeness (QED) is 0.371. The van der Waals surface area contributed by atoms with Crippen molar-refractivity contribution in [3.05, 3.63) is 84.2 Å². The lowest BCUT2D eigenvalue weighted by atomic mass is 10.2. The van der Waals surface area contributed by atoms with Crippen LogP contribution >= 0.6 is 7.37 Å². The number of ether oxygens (including phenoxy) is 1. The van der Waals surface area contributed by atoms with E-state index in [4.69, 9.17) is 15.0 Å². The number of hydrogen-bond donors (Lipinski definition) is 1. The van der Waals surface area contributed by atoms with Gasteiger partial charge >= 0.3 is 5.97 Å². The smallest absolute Gasteiger partial charge is 0.324 e. The molecule has 0 aliphatic heterocycles. The fourth-order valence-corrected chi connectivity index (χ4v) is 6.93. The van der Waals surface area contributed by atoms with Crippen LogP contribution in [0, 0.1) is 5.82 Å². The third-order valence-corrected chi connectivity index (χ3v) is 8.72. The molecule has 1 saturated carbocycles. The number of benzene rings is 2. The molecule has 3 rings (SSSR count). The molecular formula is C22H25FNO4P.